The van der Waals surface area contributed by atoms with Crippen molar-refractivity contribution in [2.24, 2.45) is 11.3 Å². The van der Waals surface area contributed by atoms with Gasteiger partial charge in [0.05, 0.1) is 5.92 Å². The number of rotatable bonds is 3. The van der Waals surface area contributed by atoms with Gasteiger partial charge in [0, 0.05) is 5.69 Å². The van der Waals surface area contributed by atoms with Gasteiger partial charge in [-0.1, -0.05) is 20.8 Å². The number of anilines is 1. The summed E-state index contributed by atoms with van der Waals surface area (Å²) in [5.74, 6) is -1.87. The second-order valence-electron chi connectivity index (χ2n) is 5.35. The lowest BCUT2D eigenvalue weighted by Gasteiger charge is -2.27. The van der Waals surface area contributed by atoms with E-state index in [4.69, 9.17) is 5.73 Å². The second-order valence-corrected chi connectivity index (χ2v) is 5.35. The molecule has 3 nitrogen and oxygen atoms in total. The largest absolute Gasteiger partial charge is 0.481 e. The zero-order valence-electron chi connectivity index (χ0n) is 10.3. The molecule has 0 spiro atoms. The van der Waals surface area contributed by atoms with Crippen molar-refractivity contribution >= 4 is 11.7 Å². The fraction of sp³-hybridized carbons (Fsp3) is 0.462. The number of halogens is 1. The molecule has 1 atom stereocenters. The Labute approximate surface area is 100 Å². The molecule has 0 aliphatic carbocycles. The number of nitrogen functional groups attached to an aromatic ring is 1. The van der Waals surface area contributed by atoms with Gasteiger partial charge in [0.2, 0.25) is 0 Å². The lowest BCUT2D eigenvalue weighted by Crippen LogP contribution is -2.30. The summed E-state index contributed by atoms with van der Waals surface area (Å²) in [6, 6.07) is 4.17. The van der Waals surface area contributed by atoms with Crippen molar-refractivity contribution in [3.8, 4) is 0 Å². The van der Waals surface area contributed by atoms with E-state index in [2.05, 4.69) is 0 Å². The van der Waals surface area contributed by atoms with Gasteiger partial charge in [-0.15, -0.1) is 0 Å². The van der Waals surface area contributed by atoms with Gasteiger partial charge in [0.15, 0.2) is 0 Å². The first kappa shape index (κ1) is 13.5. The minimum Gasteiger partial charge on any atom is -0.481 e. The molecule has 1 aromatic carbocycles. The minimum absolute atomic E-state index is 0.279. The number of carbonyl (C=O) groups is 1. The number of aliphatic carboxylic acids is 1. The van der Waals surface area contributed by atoms with Crippen LogP contribution in [0.2, 0.25) is 0 Å². The molecule has 0 aliphatic heterocycles. The molecule has 0 fully saturated rings. The quantitative estimate of drug-likeness (QED) is 0.797. The van der Waals surface area contributed by atoms with Gasteiger partial charge in [0.1, 0.15) is 5.82 Å². The van der Waals surface area contributed by atoms with Gasteiger partial charge in [0.25, 0.3) is 0 Å². The molecule has 0 radical (unpaired) electrons. The number of hydrogen-bond acceptors (Lipinski definition) is 2. The zero-order valence-corrected chi connectivity index (χ0v) is 10.3. The fourth-order valence-electron chi connectivity index (χ4n) is 1.79. The summed E-state index contributed by atoms with van der Waals surface area (Å²) in [6.07, 6.45) is 0.279. The molecular weight excluding hydrogens is 221 g/mol. The normalized spacial score (nSPS) is 13.4. The molecule has 4 heteroatoms. The predicted octanol–water partition coefficient (Wildman–Crippen LogP) is 2.70. The lowest BCUT2D eigenvalue weighted by atomic mass is 9.77. The Hall–Kier alpha value is -1.58. The summed E-state index contributed by atoms with van der Waals surface area (Å²) in [4.78, 5) is 11.2. The number of hydrogen-bond donors (Lipinski definition) is 2. The van der Waals surface area contributed by atoms with Crippen molar-refractivity contribution in [1.29, 1.82) is 0 Å². The van der Waals surface area contributed by atoms with Crippen molar-refractivity contribution in [2.75, 3.05) is 5.73 Å². The average Bonchev–Trinajstić information content (AvgIpc) is 2.10. The lowest BCUT2D eigenvalue weighted by molar-refractivity contribution is -0.145. The Bertz CT molecular complexity index is 404. The molecule has 0 heterocycles. The summed E-state index contributed by atoms with van der Waals surface area (Å²) in [7, 11) is 0. The maximum atomic E-state index is 13.1. The summed E-state index contributed by atoms with van der Waals surface area (Å²) in [5.41, 5.74) is 6.08. The number of carboxylic acids is 1. The molecule has 1 rings (SSSR count). The van der Waals surface area contributed by atoms with Crippen LogP contribution in [0.25, 0.3) is 0 Å². The van der Waals surface area contributed by atoms with E-state index in [1.165, 1.54) is 12.1 Å². The van der Waals surface area contributed by atoms with Crippen LogP contribution in [-0.4, -0.2) is 11.1 Å². The molecule has 1 unspecified atom stereocenters. The highest BCUT2D eigenvalue weighted by Crippen LogP contribution is 2.30. The van der Waals surface area contributed by atoms with Gasteiger partial charge in [-0.05, 0) is 35.6 Å². The summed E-state index contributed by atoms with van der Waals surface area (Å²) in [6.45, 7) is 5.57. The molecule has 1 aromatic rings. The predicted molar refractivity (Wildman–Crippen MR) is 65.1 cm³/mol. The Morgan fingerprint density at radius 3 is 2.41 bits per heavy atom. The van der Waals surface area contributed by atoms with Crippen LogP contribution in [0.5, 0.6) is 0 Å². The maximum Gasteiger partial charge on any atom is 0.307 e. The van der Waals surface area contributed by atoms with Crippen molar-refractivity contribution in [1.82, 2.24) is 0 Å². The zero-order chi connectivity index (χ0) is 13.2. The monoisotopic (exact) mass is 239 g/mol. The van der Waals surface area contributed by atoms with E-state index in [1.54, 1.807) is 6.07 Å². The molecule has 0 saturated carbocycles. The van der Waals surface area contributed by atoms with Crippen LogP contribution in [0, 0.1) is 17.2 Å². The van der Waals surface area contributed by atoms with E-state index in [9.17, 15) is 14.3 Å². The Balaban J connectivity index is 2.98. The molecule has 0 saturated heterocycles. The van der Waals surface area contributed by atoms with Crippen molar-refractivity contribution in [3.05, 3.63) is 29.6 Å². The van der Waals surface area contributed by atoms with Crippen molar-refractivity contribution in [2.45, 2.75) is 27.2 Å². The summed E-state index contributed by atoms with van der Waals surface area (Å²) < 4.78 is 13.1. The molecule has 0 aromatic heterocycles. The van der Waals surface area contributed by atoms with Gasteiger partial charge < -0.3 is 10.8 Å². The van der Waals surface area contributed by atoms with Crippen molar-refractivity contribution < 1.29 is 14.3 Å². The summed E-state index contributed by atoms with van der Waals surface area (Å²) >= 11 is 0. The van der Waals surface area contributed by atoms with Crippen LogP contribution in [-0.2, 0) is 11.2 Å². The van der Waals surface area contributed by atoms with E-state index >= 15 is 0 Å². The fourth-order valence-corrected chi connectivity index (χ4v) is 1.79. The first-order chi connectivity index (χ1) is 7.70. The van der Waals surface area contributed by atoms with Crippen molar-refractivity contribution in [3.63, 3.8) is 0 Å². The highest BCUT2D eigenvalue weighted by molar-refractivity contribution is 5.71. The first-order valence-electron chi connectivity index (χ1n) is 5.48. The molecule has 94 valence electrons. The van der Waals surface area contributed by atoms with Crippen LogP contribution in [0.1, 0.15) is 26.3 Å². The highest BCUT2D eigenvalue weighted by atomic mass is 19.1. The Morgan fingerprint density at radius 2 is 2.00 bits per heavy atom. The molecule has 0 bridgehead atoms. The molecule has 3 N–H and O–H groups in total. The topological polar surface area (TPSA) is 63.3 Å². The number of nitrogens with two attached hydrogens (primary N) is 1. The van der Waals surface area contributed by atoms with Gasteiger partial charge in [-0.3, -0.25) is 4.79 Å². The third-order valence-corrected chi connectivity index (χ3v) is 2.76. The third kappa shape index (κ3) is 3.73. The van der Waals surface area contributed by atoms with E-state index in [0.717, 1.165) is 0 Å². The first-order valence-corrected chi connectivity index (χ1v) is 5.48. The standard InChI is InChI=1S/C13H18FNO2/c1-13(2,3)11(12(16)17)6-8-4-9(14)7-10(15)5-8/h4-5,7,11H,6,15H2,1-3H3,(H,16,17). The SMILES string of the molecule is CC(C)(C)C(Cc1cc(N)cc(F)c1)C(=O)O. The number of benzene rings is 1. The summed E-state index contributed by atoms with van der Waals surface area (Å²) in [5, 5.41) is 9.18. The second kappa shape index (κ2) is 4.73. The molecule has 17 heavy (non-hydrogen) atoms. The Morgan fingerprint density at radius 1 is 1.41 bits per heavy atom. The molecule has 0 amide bonds. The maximum absolute atomic E-state index is 13.1. The smallest absolute Gasteiger partial charge is 0.307 e. The van der Waals surface area contributed by atoms with Crippen LogP contribution in [0.3, 0.4) is 0 Å². The van der Waals surface area contributed by atoms with Gasteiger partial charge in [-0.25, -0.2) is 4.39 Å². The third-order valence-electron chi connectivity index (χ3n) is 2.76. The van der Waals surface area contributed by atoms with E-state index in [0.29, 0.717) is 11.3 Å². The average molecular weight is 239 g/mol. The van der Waals surface area contributed by atoms with E-state index in [1.807, 2.05) is 20.8 Å². The highest BCUT2D eigenvalue weighted by Gasteiger charge is 2.31. The Kier molecular flexibility index (Phi) is 3.76. The molecular formula is C13H18FNO2. The van der Waals surface area contributed by atoms with Gasteiger partial charge in [-0.2, -0.15) is 0 Å². The van der Waals surface area contributed by atoms with Crippen LogP contribution < -0.4 is 5.73 Å². The van der Waals surface area contributed by atoms with Gasteiger partial charge >= 0.3 is 5.97 Å². The van der Waals surface area contributed by atoms with E-state index in [-0.39, 0.29) is 11.8 Å². The van der Waals surface area contributed by atoms with E-state index < -0.39 is 17.7 Å². The number of carboxylic acid groups (broad SMARTS) is 1. The minimum atomic E-state index is -0.875. The molecule has 0 aliphatic rings. The van der Waals surface area contributed by atoms with Crippen LogP contribution in [0.4, 0.5) is 10.1 Å². The van der Waals surface area contributed by atoms with Crippen LogP contribution in [0.15, 0.2) is 18.2 Å². The van der Waals surface area contributed by atoms with Crippen LogP contribution >= 0.6 is 0 Å².